The number of hydrogen-bond acceptors (Lipinski definition) is 6. The van der Waals surface area contributed by atoms with E-state index in [1.165, 1.54) is 10.4 Å². The maximum atomic E-state index is 13.1. The van der Waals surface area contributed by atoms with E-state index in [4.69, 9.17) is 4.42 Å². The second-order valence-corrected chi connectivity index (χ2v) is 9.16. The maximum absolute atomic E-state index is 13.1. The van der Waals surface area contributed by atoms with Crippen molar-refractivity contribution >= 4 is 23.2 Å². The zero-order chi connectivity index (χ0) is 22.5. The lowest BCUT2D eigenvalue weighted by Crippen LogP contribution is -2.49. The highest BCUT2D eigenvalue weighted by atomic mass is 32.1. The number of fused-ring (bicyclic) bond motifs is 1. The number of benzene rings is 1. The van der Waals surface area contributed by atoms with E-state index in [0.717, 1.165) is 24.0 Å². The molecule has 7 nitrogen and oxygen atoms in total. The smallest absolute Gasteiger partial charge is 0.247 e. The van der Waals surface area contributed by atoms with Crippen LogP contribution in [0.1, 0.15) is 48.1 Å². The van der Waals surface area contributed by atoms with Gasteiger partial charge in [0.2, 0.25) is 23.6 Å². The zero-order valence-corrected chi connectivity index (χ0v) is 19.3. The molecule has 2 amide bonds. The third-order valence-corrected chi connectivity index (χ3v) is 6.68. The van der Waals surface area contributed by atoms with E-state index >= 15 is 0 Å². The third kappa shape index (κ3) is 5.24. The highest BCUT2D eigenvalue weighted by molar-refractivity contribution is 7.10. The molecule has 8 heteroatoms. The number of carbonyl (C=O) groups is 2. The van der Waals surface area contributed by atoms with Crippen LogP contribution in [-0.4, -0.2) is 39.5 Å². The Balaban J connectivity index is 1.31. The van der Waals surface area contributed by atoms with Gasteiger partial charge >= 0.3 is 0 Å². The SMILES string of the molecule is CCCC(NC(=O)CCc1nnc(-c2ccc(C)cc2)o1)C(=O)N1CCc2sccc2C1. The number of aryl methyl sites for hydroxylation is 2. The summed E-state index contributed by atoms with van der Waals surface area (Å²) in [5.74, 6) is 0.670. The molecule has 3 heterocycles. The summed E-state index contributed by atoms with van der Waals surface area (Å²) < 4.78 is 5.70. The van der Waals surface area contributed by atoms with Gasteiger partial charge in [-0.15, -0.1) is 21.5 Å². The highest BCUT2D eigenvalue weighted by Crippen LogP contribution is 2.25. The van der Waals surface area contributed by atoms with Crippen molar-refractivity contribution in [2.24, 2.45) is 0 Å². The Morgan fingerprint density at radius 1 is 1.22 bits per heavy atom. The molecule has 0 saturated carbocycles. The van der Waals surface area contributed by atoms with Gasteiger partial charge in [-0.05, 0) is 48.9 Å². The first-order valence-electron chi connectivity index (χ1n) is 11.1. The summed E-state index contributed by atoms with van der Waals surface area (Å²) in [6.07, 6.45) is 2.84. The van der Waals surface area contributed by atoms with Crippen LogP contribution in [0.3, 0.4) is 0 Å². The number of hydrogen-bond donors (Lipinski definition) is 1. The lowest BCUT2D eigenvalue weighted by atomic mass is 10.1. The topological polar surface area (TPSA) is 88.3 Å². The molecule has 4 rings (SSSR count). The van der Waals surface area contributed by atoms with E-state index < -0.39 is 6.04 Å². The third-order valence-electron chi connectivity index (χ3n) is 5.66. The van der Waals surface area contributed by atoms with Crippen molar-refractivity contribution in [3.05, 3.63) is 57.6 Å². The molecule has 0 fully saturated rings. The number of aromatic nitrogens is 2. The van der Waals surface area contributed by atoms with Gasteiger partial charge in [-0.1, -0.05) is 31.0 Å². The van der Waals surface area contributed by atoms with Gasteiger partial charge in [0.15, 0.2) is 0 Å². The van der Waals surface area contributed by atoms with E-state index in [1.54, 1.807) is 11.3 Å². The fourth-order valence-corrected chi connectivity index (χ4v) is 4.75. The number of amides is 2. The predicted molar refractivity (Wildman–Crippen MR) is 123 cm³/mol. The molecule has 0 saturated heterocycles. The Morgan fingerprint density at radius 2 is 2.03 bits per heavy atom. The molecule has 2 aromatic heterocycles. The summed E-state index contributed by atoms with van der Waals surface area (Å²) in [6, 6.07) is 9.42. The molecule has 0 spiro atoms. The van der Waals surface area contributed by atoms with E-state index in [0.29, 0.717) is 37.7 Å². The first kappa shape index (κ1) is 22.2. The van der Waals surface area contributed by atoms with Crippen LogP contribution in [0, 0.1) is 6.92 Å². The molecule has 1 aliphatic rings. The van der Waals surface area contributed by atoms with Crippen molar-refractivity contribution in [3.63, 3.8) is 0 Å². The van der Waals surface area contributed by atoms with Crippen LogP contribution in [0.5, 0.6) is 0 Å². The van der Waals surface area contributed by atoms with Crippen LogP contribution in [-0.2, 0) is 29.0 Å². The van der Waals surface area contributed by atoms with E-state index in [-0.39, 0.29) is 18.2 Å². The van der Waals surface area contributed by atoms with E-state index in [9.17, 15) is 9.59 Å². The van der Waals surface area contributed by atoms with E-state index in [1.807, 2.05) is 43.0 Å². The number of thiophene rings is 1. The fourth-order valence-electron chi connectivity index (χ4n) is 3.86. The molecule has 1 N–H and O–H groups in total. The van der Waals surface area contributed by atoms with Crippen molar-refractivity contribution in [3.8, 4) is 11.5 Å². The quantitative estimate of drug-likeness (QED) is 0.560. The zero-order valence-electron chi connectivity index (χ0n) is 18.5. The molecule has 1 aromatic carbocycles. The van der Waals surface area contributed by atoms with E-state index in [2.05, 4.69) is 27.0 Å². The van der Waals surface area contributed by atoms with Crippen LogP contribution in [0.2, 0.25) is 0 Å². The average molecular weight is 453 g/mol. The van der Waals surface area contributed by atoms with Crippen molar-refractivity contribution < 1.29 is 14.0 Å². The van der Waals surface area contributed by atoms with Gasteiger partial charge in [0.05, 0.1) is 0 Å². The van der Waals surface area contributed by atoms with Crippen molar-refractivity contribution in [2.75, 3.05) is 6.54 Å². The Labute approximate surface area is 191 Å². The summed E-state index contributed by atoms with van der Waals surface area (Å²) >= 11 is 1.75. The normalized spacial score (nSPS) is 14.1. The molecule has 0 bridgehead atoms. The molecule has 0 aliphatic carbocycles. The first-order valence-corrected chi connectivity index (χ1v) is 11.9. The fraction of sp³-hybridized carbons (Fsp3) is 0.417. The second kappa shape index (κ2) is 10.1. The van der Waals surface area contributed by atoms with Gasteiger partial charge in [0.25, 0.3) is 0 Å². The second-order valence-electron chi connectivity index (χ2n) is 8.15. The lowest BCUT2D eigenvalue weighted by Gasteiger charge is -2.30. The summed E-state index contributed by atoms with van der Waals surface area (Å²) in [5.41, 5.74) is 3.22. The maximum Gasteiger partial charge on any atom is 0.247 e. The van der Waals surface area contributed by atoms with Gasteiger partial charge < -0.3 is 14.6 Å². The lowest BCUT2D eigenvalue weighted by molar-refractivity contribution is -0.137. The van der Waals surface area contributed by atoms with Crippen LogP contribution in [0.4, 0.5) is 0 Å². The van der Waals surface area contributed by atoms with Crippen LogP contribution in [0.25, 0.3) is 11.5 Å². The van der Waals surface area contributed by atoms with Gasteiger partial charge in [-0.2, -0.15) is 0 Å². The van der Waals surface area contributed by atoms with Crippen LogP contribution >= 0.6 is 11.3 Å². The Hall–Kier alpha value is -3.00. The molecule has 1 atom stereocenters. The number of rotatable bonds is 8. The highest BCUT2D eigenvalue weighted by Gasteiger charge is 2.28. The Morgan fingerprint density at radius 3 is 2.81 bits per heavy atom. The predicted octanol–water partition coefficient (Wildman–Crippen LogP) is 3.91. The summed E-state index contributed by atoms with van der Waals surface area (Å²) in [4.78, 5) is 28.9. The number of nitrogens with one attached hydrogen (secondary N) is 1. The molecule has 32 heavy (non-hydrogen) atoms. The minimum Gasteiger partial charge on any atom is -0.421 e. The number of carbonyl (C=O) groups excluding carboxylic acids is 2. The monoisotopic (exact) mass is 452 g/mol. The number of nitrogens with zero attached hydrogens (tertiary/aromatic N) is 3. The summed E-state index contributed by atoms with van der Waals surface area (Å²) in [7, 11) is 0. The molecular formula is C24H28N4O3S. The minimum atomic E-state index is -0.501. The van der Waals surface area contributed by atoms with Crippen molar-refractivity contribution in [2.45, 2.75) is 58.5 Å². The Kier molecular flexibility index (Phi) is 6.99. The van der Waals surface area contributed by atoms with Crippen LogP contribution in [0.15, 0.2) is 40.1 Å². The van der Waals surface area contributed by atoms with Gasteiger partial charge in [-0.3, -0.25) is 9.59 Å². The van der Waals surface area contributed by atoms with Gasteiger partial charge in [0.1, 0.15) is 6.04 Å². The molecule has 1 aliphatic heterocycles. The molecule has 3 aromatic rings. The van der Waals surface area contributed by atoms with Crippen molar-refractivity contribution in [1.82, 2.24) is 20.4 Å². The summed E-state index contributed by atoms with van der Waals surface area (Å²) in [6.45, 7) is 5.36. The molecule has 168 valence electrons. The van der Waals surface area contributed by atoms with Crippen LogP contribution < -0.4 is 5.32 Å². The molecule has 1 unspecified atom stereocenters. The first-order chi connectivity index (χ1) is 15.5. The molecule has 0 radical (unpaired) electrons. The van der Waals surface area contributed by atoms with Crippen molar-refractivity contribution in [1.29, 1.82) is 0 Å². The van der Waals surface area contributed by atoms with Gasteiger partial charge in [-0.25, -0.2) is 0 Å². The standard InChI is InChI=1S/C24H28N4O3S/c1-3-4-19(24(30)28-13-11-20-18(15-28)12-14-32-20)25-21(29)9-10-22-26-27-23(31-22)17-7-5-16(2)6-8-17/h5-8,12,14,19H,3-4,9-11,13,15H2,1-2H3,(H,25,29). The van der Waals surface area contributed by atoms with Gasteiger partial charge in [0, 0.05) is 36.4 Å². The minimum absolute atomic E-state index is 0.00324. The Bertz CT molecular complexity index is 1070. The summed E-state index contributed by atoms with van der Waals surface area (Å²) in [5, 5.41) is 13.1. The molecular weight excluding hydrogens is 424 g/mol. The largest absolute Gasteiger partial charge is 0.421 e. The average Bonchev–Trinajstić information content (AvgIpc) is 3.46.